The van der Waals surface area contributed by atoms with Gasteiger partial charge in [0.15, 0.2) is 0 Å². The van der Waals surface area contributed by atoms with E-state index >= 15 is 8.78 Å². The van der Waals surface area contributed by atoms with Crippen LogP contribution in [0.3, 0.4) is 0 Å². The van der Waals surface area contributed by atoms with E-state index in [0.29, 0.717) is 24.8 Å². The van der Waals surface area contributed by atoms with Gasteiger partial charge in [0.1, 0.15) is 11.6 Å². The molecule has 1 aliphatic carbocycles. The van der Waals surface area contributed by atoms with E-state index in [1.54, 1.807) is 4.90 Å². The van der Waals surface area contributed by atoms with Crippen molar-refractivity contribution in [1.82, 2.24) is 19.3 Å². The van der Waals surface area contributed by atoms with E-state index in [-0.39, 0.29) is 19.0 Å². The lowest BCUT2D eigenvalue weighted by Gasteiger charge is -2.43. The molecule has 3 heterocycles. The van der Waals surface area contributed by atoms with E-state index in [4.69, 9.17) is 0 Å². The molecule has 8 heteroatoms. The van der Waals surface area contributed by atoms with Crippen molar-refractivity contribution in [2.24, 2.45) is 5.92 Å². The van der Waals surface area contributed by atoms with Gasteiger partial charge in [-0.15, -0.1) is 0 Å². The Bertz CT molecular complexity index is 1350. The van der Waals surface area contributed by atoms with Crippen LogP contribution in [0.4, 0.5) is 8.78 Å². The Labute approximate surface area is 228 Å². The van der Waals surface area contributed by atoms with Crippen molar-refractivity contribution in [2.75, 3.05) is 39.3 Å². The number of rotatable bonds is 4. The van der Waals surface area contributed by atoms with Gasteiger partial charge in [-0.2, -0.15) is 0 Å². The molecule has 3 aromatic rings. The summed E-state index contributed by atoms with van der Waals surface area (Å²) in [7, 11) is 0. The van der Waals surface area contributed by atoms with E-state index in [0.717, 1.165) is 35.2 Å². The number of carbonyl (C=O) groups excluding carboxylic acids is 2. The van der Waals surface area contributed by atoms with Crippen molar-refractivity contribution in [3.8, 4) is 5.69 Å². The Morgan fingerprint density at radius 3 is 2.28 bits per heavy atom. The highest BCUT2D eigenvalue weighted by atomic mass is 19.3. The molecule has 0 bridgehead atoms. The molecule has 6 nitrogen and oxygen atoms in total. The van der Waals surface area contributed by atoms with Crippen LogP contribution < -0.4 is 0 Å². The average molecular weight is 535 g/mol. The van der Waals surface area contributed by atoms with Crippen molar-refractivity contribution in [1.29, 1.82) is 0 Å². The number of likely N-dealkylation sites (tertiary alicyclic amines) is 1. The highest BCUT2D eigenvalue weighted by Gasteiger charge is 2.51. The standard InChI is InChI=1S/C31H36F2N4O2/c1-22-10-12-25(13-11-22)37-27-9-5-2-6-23(27)20-28(37)30(39)36-15-14-31(32,33)26(21-36)29(38)35-18-16-34(17-19-35)24-7-3-4-8-24/h2,5-6,9-13,20,24,26H,3-4,7-8,14-19,21H2,1H3. The number of para-hydroxylation sites is 1. The fraction of sp³-hybridized carbons (Fsp3) is 0.484. The molecule has 2 aliphatic heterocycles. The number of piperazine rings is 1. The Kier molecular flexibility index (Phi) is 6.91. The van der Waals surface area contributed by atoms with Crippen LogP contribution in [0.25, 0.3) is 16.6 Å². The van der Waals surface area contributed by atoms with Crippen molar-refractivity contribution < 1.29 is 18.4 Å². The minimum atomic E-state index is -3.14. The normalized spacial score (nSPS) is 22.5. The largest absolute Gasteiger partial charge is 0.340 e. The summed E-state index contributed by atoms with van der Waals surface area (Å²) in [5, 5.41) is 0.900. The quantitative estimate of drug-likeness (QED) is 0.467. The van der Waals surface area contributed by atoms with Gasteiger partial charge in [-0.05, 0) is 44.0 Å². The average Bonchev–Trinajstić information content (AvgIpc) is 3.62. The van der Waals surface area contributed by atoms with E-state index in [9.17, 15) is 9.59 Å². The van der Waals surface area contributed by atoms with Gasteiger partial charge in [-0.1, -0.05) is 48.7 Å². The number of hydrogen-bond donors (Lipinski definition) is 0. The molecule has 3 aliphatic rings. The van der Waals surface area contributed by atoms with Gasteiger partial charge < -0.3 is 14.4 Å². The molecule has 0 radical (unpaired) electrons. The molecule has 2 saturated heterocycles. The molecule has 1 saturated carbocycles. The first kappa shape index (κ1) is 26.0. The van der Waals surface area contributed by atoms with Gasteiger partial charge >= 0.3 is 0 Å². The zero-order chi connectivity index (χ0) is 27.1. The second-order valence-electron chi connectivity index (χ2n) is 11.4. The molecule has 1 atom stereocenters. The lowest BCUT2D eigenvalue weighted by Crippen LogP contribution is -2.59. The number of aryl methyl sites for hydroxylation is 1. The fourth-order valence-corrected chi connectivity index (χ4v) is 6.59. The first-order valence-electron chi connectivity index (χ1n) is 14.2. The second-order valence-corrected chi connectivity index (χ2v) is 11.4. The summed E-state index contributed by atoms with van der Waals surface area (Å²) in [5.41, 5.74) is 3.23. The Balaban J connectivity index is 1.23. The third-order valence-electron chi connectivity index (χ3n) is 8.90. The van der Waals surface area contributed by atoms with Gasteiger partial charge in [0, 0.05) is 62.8 Å². The zero-order valence-electron chi connectivity index (χ0n) is 22.5. The number of benzene rings is 2. The maximum atomic E-state index is 15.2. The predicted octanol–water partition coefficient (Wildman–Crippen LogP) is 5.12. The van der Waals surface area contributed by atoms with Crippen LogP contribution in [-0.4, -0.2) is 82.3 Å². The highest BCUT2D eigenvalue weighted by molar-refractivity contribution is 6.00. The van der Waals surface area contributed by atoms with E-state index in [2.05, 4.69) is 4.90 Å². The van der Waals surface area contributed by atoms with Crippen LogP contribution in [0, 0.1) is 12.8 Å². The summed E-state index contributed by atoms with van der Waals surface area (Å²) in [6.45, 7) is 4.05. The number of piperidine rings is 1. The maximum Gasteiger partial charge on any atom is 0.270 e. The maximum absolute atomic E-state index is 15.2. The minimum absolute atomic E-state index is 0.0828. The second kappa shape index (κ2) is 10.4. The summed E-state index contributed by atoms with van der Waals surface area (Å²) in [5.74, 6) is -5.51. The van der Waals surface area contributed by atoms with Crippen molar-refractivity contribution in [2.45, 2.75) is 51.0 Å². The van der Waals surface area contributed by atoms with Crippen molar-refractivity contribution in [3.63, 3.8) is 0 Å². The van der Waals surface area contributed by atoms with Crippen molar-refractivity contribution in [3.05, 3.63) is 65.9 Å². The topological polar surface area (TPSA) is 48.8 Å². The Morgan fingerprint density at radius 2 is 1.56 bits per heavy atom. The smallest absolute Gasteiger partial charge is 0.270 e. The molecule has 2 amide bonds. The molecule has 39 heavy (non-hydrogen) atoms. The number of fused-ring (bicyclic) bond motifs is 1. The minimum Gasteiger partial charge on any atom is -0.340 e. The highest BCUT2D eigenvalue weighted by Crippen LogP contribution is 2.36. The third-order valence-corrected chi connectivity index (χ3v) is 8.90. The monoisotopic (exact) mass is 534 g/mol. The number of aromatic nitrogens is 1. The summed E-state index contributed by atoms with van der Waals surface area (Å²) in [4.78, 5) is 32.8. The van der Waals surface area contributed by atoms with Crippen LogP contribution in [0.2, 0.25) is 0 Å². The number of nitrogens with zero attached hydrogens (tertiary/aromatic N) is 4. The van der Waals surface area contributed by atoms with Gasteiger partial charge in [0.2, 0.25) is 5.91 Å². The summed E-state index contributed by atoms with van der Waals surface area (Å²) < 4.78 is 32.3. The lowest BCUT2D eigenvalue weighted by molar-refractivity contribution is -0.160. The lowest BCUT2D eigenvalue weighted by atomic mass is 9.91. The molecule has 0 N–H and O–H groups in total. The van der Waals surface area contributed by atoms with Crippen molar-refractivity contribution >= 4 is 22.7 Å². The van der Waals surface area contributed by atoms with Crippen LogP contribution in [0.1, 0.15) is 48.2 Å². The fourth-order valence-electron chi connectivity index (χ4n) is 6.59. The molecule has 3 fully saturated rings. The SMILES string of the molecule is Cc1ccc(-n2c(C(=O)N3CCC(F)(F)C(C(=O)N4CCN(C5CCCC5)CC4)C3)cc3ccccc32)cc1. The summed E-state index contributed by atoms with van der Waals surface area (Å²) >= 11 is 0. The molecule has 0 spiro atoms. The van der Waals surface area contributed by atoms with E-state index in [1.165, 1.54) is 30.6 Å². The predicted molar refractivity (Wildman–Crippen MR) is 147 cm³/mol. The summed E-state index contributed by atoms with van der Waals surface area (Å²) in [6, 6.07) is 18.0. The van der Waals surface area contributed by atoms with Crippen LogP contribution in [-0.2, 0) is 4.79 Å². The molecule has 2 aromatic carbocycles. The Hall–Kier alpha value is -3.26. The van der Waals surface area contributed by atoms with Gasteiger partial charge in [0.25, 0.3) is 11.8 Å². The molecular weight excluding hydrogens is 498 g/mol. The van der Waals surface area contributed by atoms with E-state index < -0.39 is 24.2 Å². The number of halogens is 2. The molecule has 1 aromatic heterocycles. The molecule has 1 unspecified atom stereocenters. The first-order chi connectivity index (χ1) is 18.8. The molecular formula is C31H36F2N4O2. The number of carbonyl (C=O) groups is 2. The molecule has 6 rings (SSSR count). The zero-order valence-corrected chi connectivity index (χ0v) is 22.5. The molecule has 206 valence electrons. The van der Waals surface area contributed by atoms with Gasteiger partial charge in [-0.25, -0.2) is 8.78 Å². The van der Waals surface area contributed by atoms with E-state index in [1.807, 2.05) is 66.1 Å². The van der Waals surface area contributed by atoms with Crippen LogP contribution in [0.5, 0.6) is 0 Å². The van der Waals surface area contributed by atoms with Gasteiger partial charge in [0.05, 0.1) is 5.52 Å². The number of amides is 2. The third kappa shape index (κ3) is 4.95. The van der Waals surface area contributed by atoms with Crippen LogP contribution in [0.15, 0.2) is 54.6 Å². The number of hydrogen-bond acceptors (Lipinski definition) is 3. The van der Waals surface area contributed by atoms with Gasteiger partial charge in [-0.3, -0.25) is 14.5 Å². The number of alkyl halides is 2. The van der Waals surface area contributed by atoms with Crippen LogP contribution >= 0.6 is 0 Å². The first-order valence-corrected chi connectivity index (χ1v) is 14.2. The Morgan fingerprint density at radius 1 is 0.872 bits per heavy atom. The summed E-state index contributed by atoms with van der Waals surface area (Å²) in [6.07, 6.45) is 4.34.